The maximum atomic E-state index is 13.7. The van der Waals surface area contributed by atoms with E-state index in [-0.39, 0.29) is 36.2 Å². The van der Waals surface area contributed by atoms with Gasteiger partial charge in [-0.05, 0) is 49.7 Å². The summed E-state index contributed by atoms with van der Waals surface area (Å²) >= 11 is 12.1. The summed E-state index contributed by atoms with van der Waals surface area (Å²) in [5.74, 6) is -0.321. The number of alkyl halides is 2. The highest BCUT2D eigenvalue weighted by Crippen LogP contribution is 2.32. The highest BCUT2D eigenvalue weighted by Gasteiger charge is 2.39. The zero-order valence-corrected chi connectivity index (χ0v) is 21.6. The van der Waals surface area contributed by atoms with Crippen LogP contribution in [-0.4, -0.2) is 50.1 Å². The fourth-order valence-electron chi connectivity index (χ4n) is 4.92. The molecule has 2 amide bonds. The van der Waals surface area contributed by atoms with Crippen LogP contribution in [0.5, 0.6) is 5.75 Å². The van der Waals surface area contributed by atoms with E-state index in [4.69, 9.17) is 28.3 Å². The number of carbonyl (C=O) groups is 2. The maximum Gasteiger partial charge on any atom is 0.387 e. The van der Waals surface area contributed by atoms with Gasteiger partial charge in [0, 0.05) is 36.2 Å². The van der Waals surface area contributed by atoms with E-state index in [1.54, 1.807) is 44.8 Å². The van der Waals surface area contributed by atoms with E-state index < -0.39 is 6.61 Å². The Kier molecular flexibility index (Phi) is 6.85. The van der Waals surface area contributed by atoms with Crippen molar-refractivity contribution in [1.82, 2.24) is 19.6 Å². The molecule has 194 valence electrons. The zero-order chi connectivity index (χ0) is 26.4. The number of aromatic nitrogens is 2. The minimum Gasteiger partial charge on any atom is -0.435 e. The SMILES string of the molecule is CC1Cn2nc3c(c2C(=O)N1Cc1ccc(OC(F)F)cc1)CN(C(=O)c1ccc(Cl)c(Cl)c1)[C@H](C)C3. The summed E-state index contributed by atoms with van der Waals surface area (Å²) in [5.41, 5.74) is 3.25. The van der Waals surface area contributed by atoms with E-state index in [1.807, 2.05) is 13.8 Å². The smallest absolute Gasteiger partial charge is 0.387 e. The van der Waals surface area contributed by atoms with Crippen molar-refractivity contribution in [3.05, 3.63) is 80.6 Å². The summed E-state index contributed by atoms with van der Waals surface area (Å²) in [4.78, 5) is 30.5. The Bertz CT molecular complexity index is 1360. The van der Waals surface area contributed by atoms with Crippen LogP contribution in [0.4, 0.5) is 8.78 Å². The van der Waals surface area contributed by atoms with Crippen LogP contribution >= 0.6 is 23.2 Å². The first-order valence-corrected chi connectivity index (χ1v) is 12.6. The third-order valence-corrected chi connectivity index (χ3v) is 7.58. The largest absolute Gasteiger partial charge is 0.435 e. The third kappa shape index (κ3) is 4.90. The van der Waals surface area contributed by atoms with Crippen molar-refractivity contribution < 1.29 is 23.1 Å². The molecule has 0 saturated carbocycles. The van der Waals surface area contributed by atoms with Gasteiger partial charge in [0.25, 0.3) is 11.8 Å². The molecule has 11 heteroatoms. The van der Waals surface area contributed by atoms with E-state index in [2.05, 4.69) is 4.74 Å². The predicted molar refractivity (Wildman–Crippen MR) is 134 cm³/mol. The Morgan fingerprint density at radius 2 is 1.84 bits per heavy atom. The van der Waals surface area contributed by atoms with E-state index >= 15 is 0 Å². The Morgan fingerprint density at radius 1 is 1.11 bits per heavy atom. The number of rotatable bonds is 5. The topological polar surface area (TPSA) is 67.7 Å². The number of carbonyl (C=O) groups excluding carboxylic acids is 2. The van der Waals surface area contributed by atoms with Crippen molar-refractivity contribution in [2.75, 3.05) is 0 Å². The van der Waals surface area contributed by atoms with Crippen LogP contribution in [0.15, 0.2) is 42.5 Å². The number of nitrogens with zero attached hydrogens (tertiary/aromatic N) is 4. The van der Waals surface area contributed by atoms with Gasteiger partial charge >= 0.3 is 6.61 Å². The molecular formula is C26H24Cl2F2N4O3. The molecular weight excluding hydrogens is 525 g/mol. The number of benzene rings is 2. The number of hydrogen-bond donors (Lipinski definition) is 0. The van der Waals surface area contributed by atoms with Crippen molar-refractivity contribution in [3.8, 4) is 5.75 Å². The number of ether oxygens (including phenoxy) is 1. The molecule has 2 aliphatic rings. The molecule has 7 nitrogen and oxygen atoms in total. The Balaban J connectivity index is 1.39. The van der Waals surface area contributed by atoms with Crippen molar-refractivity contribution in [1.29, 1.82) is 0 Å². The molecule has 1 aromatic heterocycles. The van der Waals surface area contributed by atoms with Gasteiger partial charge in [-0.15, -0.1) is 0 Å². The summed E-state index contributed by atoms with van der Waals surface area (Å²) < 4.78 is 31.1. The van der Waals surface area contributed by atoms with E-state index in [0.717, 1.165) is 16.8 Å². The number of fused-ring (bicyclic) bond motifs is 3. The highest BCUT2D eigenvalue weighted by molar-refractivity contribution is 6.42. The van der Waals surface area contributed by atoms with Gasteiger partial charge in [-0.3, -0.25) is 14.3 Å². The van der Waals surface area contributed by atoms with Crippen molar-refractivity contribution in [3.63, 3.8) is 0 Å². The molecule has 3 aromatic rings. The Hall–Kier alpha value is -3.17. The fourth-order valence-corrected chi connectivity index (χ4v) is 5.22. The lowest BCUT2D eigenvalue weighted by Gasteiger charge is -2.36. The molecule has 2 aliphatic heterocycles. The van der Waals surface area contributed by atoms with Gasteiger partial charge in [0.05, 0.1) is 28.8 Å². The lowest BCUT2D eigenvalue weighted by atomic mass is 9.97. The lowest BCUT2D eigenvalue weighted by molar-refractivity contribution is -0.0498. The zero-order valence-electron chi connectivity index (χ0n) is 20.1. The molecule has 5 rings (SSSR count). The van der Waals surface area contributed by atoms with E-state index in [9.17, 15) is 18.4 Å². The quantitative estimate of drug-likeness (QED) is 0.426. The average molecular weight is 549 g/mol. The summed E-state index contributed by atoms with van der Waals surface area (Å²) in [7, 11) is 0. The Morgan fingerprint density at radius 3 is 2.51 bits per heavy atom. The van der Waals surface area contributed by atoms with E-state index in [1.165, 1.54) is 12.1 Å². The lowest BCUT2D eigenvalue weighted by Crippen LogP contribution is -2.47. The molecule has 2 atom stereocenters. The third-order valence-electron chi connectivity index (χ3n) is 6.84. The van der Waals surface area contributed by atoms with Gasteiger partial charge in [-0.2, -0.15) is 13.9 Å². The summed E-state index contributed by atoms with van der Waals surface area (Å²) in [5, 5.41) is 5.39. The molecule has 0 bridgehead atoms. The molecule has 37 heavy (non-hydrogen) atoms. The highest BCUT2D eigenvalue weighted by atomic mass is 35.5. The molecule has 3 heterocycles. The van der Waals surface area contributed by atoms with Crippen molar-refractivity contribution >= 4 is 35.0 Å². The minimum absolute atomic E-state index is 0.0600. The molecule has 2 aromatic carbocycles. The predicted octanol–water partition coefficient (Wildman–Crippen LogP) is 5.42. The first-order chi connectivity index (χ1) is 17.6. The van der Waals surface area contributed by atoms with Crippen molar-refractivity contribution in [2.45, 2.75) is 58.6 Å². The van der Waals surface area contributed by atoms with Gasteiger partial charge in [-0.25, -0.2) is 0 Å². The summed E-state index contributed by atoms with van der Waals surface area (Å²) in [6, 6.07) is 10.8. The van der Waals surface area contributed by atoms with E-state index in [0.29, 0.717) is 40.8 Å². The van der Waals surface area contributed by atoms with Crippen LogP contribution in [0, 0.1) is 0 Å². The molecule has 0 fully saturated rings. The van der Waals surface area contributed by atoms with Crippen LogP contribution in [-0.2, 0) is 26.1 Å². The van der Waals surface area contributed by atoms with Gasteiger partial charge in [0.1, 0.15) is 11.4 Å². The number of amides is 2. The van der Waals surface area contributed by atoms with Gasteiger partial charge in [0.15, 0.2) is 0 Å². The first-order valence-electron chi connectivity index (χ1n) is 11.8. The first kappa shape index (κ1) is 25.5. The van der Waals surface area contributed by atoms with Gasteiger partial charge in [-0.1, -0.05) is 35.3 Å². The average Bonchev–Trinajstić information content (AvgIpc) is 3.20. The summed E-state index contributed by atoms with van der Waals surface area (Å²) in [6.07, 6.45) is 0.523. The monoisotopic (exact) mass is 548 g/mol. The van der Waals surface area contributed by atoms with Gasteiger partial charge in [0.2, 0.25) is 0 Å². The normalized spacial score (nSPS) is 19.2. The van der Waals surface area contributed by atoms with Crippen LogP contribution in [0.2, 0.25) is 10.0 Å². The second kappa shape index (κ2) is 9.95. The summed E-state index contributed by atoms with van der Waals surface area (Å²) in [6.45, 7) is 2.06. The van der Waals surface area contributed by atoms with Crippen molar-refractivity contribution in [2.24, 2.45) is 0 Å². The van der Waals surface area contributed by atoms with Crippen LogP contribution in [0.25, 0.3) is 0 Å². The second-order valence-corrected chi connectivity index (χ2v) is 10.2. The molecule has 0 saturated heterocycles. The minimum atomic E-state index is -2.90. The second-order valence-electron chi connectivity index (χ2n) is 9.38. The molecule has 0 radical (unpaired) electrons. The Labute approximate surface area is 222 Å². The van der Waals surface area contributed by atoms with Crippen LogP contribution < -0.4 is 4.74 Å². The number of hydrogen-bond acceptors (Lipinski definition) is 4. The molecule has 0 aliphatic carbocycles. The molecule has 0 spiro atoms. The van der Waals surface area contributed by atoms with Crippen LogP contribution in [0.3, 0.4) is 0 Å². The molecule has 0 N–H and O–H groups in total. The van der Waals surface area contributed by atoms with Crippen LogP contribution in [0.1, 0.15) is 51.5 Å². The number of halogens is 4. The fraction of sp³-hybridized carbons (Fsp3) is 0.346. The molecule has 1 unspecified atom stereocenters. The van der Waals surface area contributed by atoms with Gasteiger partial charge < -0.3 is 14.5 Å². The standard InChI is InChI=1S/C26H24Cl2F2N4O3/c1-14-9-22-19(13-33(14)24(35)17-5-8-20(27)21(28)10-17)23-25(36)32(15(2)11-34(23)31-22)12-16-3-6-18(7-4-16)37-26(29)30/h3-8,10,14-15,26H,9,11-13H2,1-2H3/t14-,15?/m1/s1. The maximum absolute atomic E-state index is 13.7.